The summed E-state index contributed by atoms with van der Waals surface area (Å²) in [4.78, 5) is 16.3. The van der Waals surface area contributed by atoms with Gasteiger partial charge >= 0.3 is 0 Å². The first-order chi connectivity index (χ1) is 12.5. The summed E-state index contributed by atoms with van der Waals surface area (Å²) in [5.41, 5.74) is 1.39. The molecule has 0 saturated carbocycles. The number of fused-ring (bicyclic) bond motifs is 1. The lowest BCUT2D eigenvalue weighted by Gasteiger charge is -2.09. The number of carbonyl (C=O) groups excluding carboxylic acids is 1. The molecule has 0 aliphatic rings. The zero-order valence-electron chi connectivity index (χ0n) is 13.6. The summed E-state index contributed by atoms with van der Waals surface area (Å²) in [6, 6.07) is 15.5. The van der Waals surface area contributed by atoms with E-state index < -0.39 is 10.0 Å². The van der Waals surface area contributed by atoms with Crippen molar-refractivity contribution >= 4 is 44.1 Å². The number of nitrogens with one attached hydrogen (secondary N) is 2. The quantitative estimate of drug-likeness (QED) is 0.677. The van der Waals surface area contributed by atoms with Crippen LogP contribution >= 0.6 is 11.6 Å². The number of nitrogens with zero attached hydrogens (tertiary/aromatic N) is 1. The Bertz CT molecular complexity index is 1050. The van der Waals surface area contributed by atoms with Crippen LogP contribution in [0.4, 0.5) is 5.69 Å². The van der Waals surface area contributed by atoms with Crippen molar-refractivity contribution in [2.24, 2.45) is 0 Å². The number of para-hydroxylation sites is 1. The summed E-state index contributed by atoms with van der Waals surface area (Å²) in [6.45, 7) is -0.0413. The topological polar surface area (TPSA) is 88.2 Å². The predicted molar refractivity (Wildman–Crippen MR) is 102 cm³/mol. The number of hydrogen-bond donors (Lipinski definition) is 2. The molecule has 1 heterocycles. The minimum absolute atomic E-state index is 0.0131. The molecular formula is C18H16ClN3O3S. The van der Waals surface area contributed by atoms with E-state index in [-0.39, 0.29) is 28.8 Å². The Labute approximate surface area is 156 Å². The Morgan fingerprint density at radius 1 is 1.08 bits per heavy atom. The monoisotopic (exact) mass is 389 g/mol. The van der Waals surface area contributed by atoms with E-state index in [0.717, 1.165) is 10.9 Å². The molecule has 0 atom stereocenters. The average Bonchev–Trinajstić information content (AvgIpc) is 2.61. The minimum Gasteiger partial charge on any atom is -0.325 e. The fourth-order valence-electron chi connectivity index (χ4n) is 2.40. The molecule has 0 radical (unpaired) electrons. The Hall–Kier alpha value is -2.48. The van der Waals surface area contributed by atoms with E-state index in [9.17, 15) is 13.2 Å². The second kappa shape index (κ2) is 7.82. The van der Waals surface area contributed by atoms with E-state index in [1.54, 1.807) is 18.3 Å². The highest BCUT2D eigenvalue weighted by Gasteiger charge is 2.17. The van der Waals surface area contributed by atoms with Gasteiger partial charge < -0.3 is 5.32 Å². The molecule has 0 aliphatic heterocycles. The molecule has 0 saturated heterocycles. The lowest BCUT2D eigenvalue weighted by atomic mass is 10.2. The molecule has 1 amide bonds. The first kappa shape index (κ1) is 18.3. The zero-order chi connectivity index (χ0) is 18.6. The second-order valence-corrected chi connectivity index (χ2v) is 7.69. The Kier molecular flexibility index (Phi) is 5.51. The molecule has 8 heteroatoms. The summed E-state index contributed by atoms with van der Waals surface area (Å²) in [5, 5.41) is 3.75. The summed E-state index contributed by atoms with van der Waals surface area (Å²) in [5.74, 6) is -0.316. The highest BCUT2D eigenvalue weighted by Crippen LogP contribution is 2.20. The number of halogens is 1. The number of carbonyl (C=O) groups is 1. The SMILES string of the molecule is O=C(CCNS(=O)(=O)c1ccccc1Cl)Nc1cnc2ccccc2c1. The van der Waals surface area contributed by atoms with Crippen molar-refractivity contribution in [3.8, 4) is 0 Å². The van der Waals surface area contributed by atoms with Gasteiger partial charge in [-0.1, -0.05) is 41.9 Å². The van der Waals surface area contributed by atoms with E-state index in [1.165, 1.54) is 12.1 Å². The molecule has 0 spiro atoms. The predicted octanol–water partition coefficient (Wildman–Crippen LogP) is 3.20. The van der Waals surface area contributed by atoms with Gasteiger partial charge in [0.2, 0.25) is 15.9 Å². The number of pyridine rings is 1. The van der Waals surface area contributed by atoms with Crippen LogP contribution < -0.4 is 10.0 Å². The maximum atomic E-state index is 12.2. The molecule has 0 unspecified atom stereocenters. The van der Waals surface area contributed by atoms with Crippen LogP contribution in [-0.2, 0) is 14.8 Å². The van der Waals surface area contributed by atoms with Gasteiger partial charge in [0, 0.05) is 18.4 Å². The van der Waals surface area contributed by atoms with Crippen molar-refractivity contribution in [2.45, 2.75) is 11.3 Å². The summed E-state index contributed by atoms with van der Waals surface area (Å²) in [7, 11) is -3.76. The smallest absolute Gasteiger partial charge is 0.242 e. The van der Waals surface area contributed by atoms with Crippen LogP contribution in [-0.4, -0.2) is 25.9 Å². The largest absolute Gasteiger partial charge is 0.325 e. The Morgan fingerprint density at radius 3 is 2.62 bits per heavy atom. The molecule has 1 aromatic heterocycles. The lowest BCUT2D eigenvalue weighted by molar-refractivity contribution is -0.116. The zero-order valence-corrected chi connectivity index (χ0v) is 15.2. The van der Waals surface area contributed by atoms with Crippen molar-refractivity contribution in [2.75, 3.05) is 11.9 Å². The summed E-state index contributed by atoms with van der Waals surface area (Å²) in [6.07, 6.45) is 1.55. The fourth-order valence-corrected chi connectivity index (χ4v) is 3.95. The van der Waals surface area contributed by atoms with Crippen LogP contribution in [0, 0.1) is 0 Å². The van der Waals surface area contributed by atoms with Gasteiger partial charge in [0.05, 0.1) is 22.4 Å². The van der Waals surface area contributed by atoms with Crippen LogP contribution in [0.2, 0.25) is 5.02 Å². The standard InChI is InChI=1S/C18H16ClN3O3S/c19-15-6-2-4-8-17(15)26(24,25)21-10-9-18(23)22-14-11-13-5-1-3-7-16(13)20-12-14/h1-8,11-12,21H,9-10H2,(H,22,23). The third kappa shape index (κ3) is 4.37. The summed E-state index contributed by atoms with van der Waals surface area (Å²) >= 11 is 5.90. The average molecular weight is 390 g/mol. The number of rotatable bonds is 6. The van der Waals surface area contributed by atoms with Crippen molar-refractivity contribution in [1.29, 1.82) is 0 Å². The maximum Gasteiger partial charge on any atom is 0.242 e. The molecule has 134 valence electrons. The molecule has 3 aromatic rings. The van der Waals surface area contributed by atoms with Gasteiger partial charge in [-0.3, -0.25) is 9.78 Å². The van der Waals surface area contributed by atoms with Crippen molar-refractivity contribution in [3.63, 3.8) is 0 Å². The third-order valence-corrected chi connectivity index (χ3v) is 5.61. The Morgan fingerprint density at radius 2 is 1.81 bits per heavy atom. The maximum absolute atomic E-state index is 12.2. The molecule has 6 nitrogen and oxygen atoms in total. The van der Waals surface area contributed by atoms with E-state index in [4.69, 9.17) is 11.6 Å². The van der Waals surface area contributed by atoms with Crippen molar-refractivity contribution in [3.05, 3.63) is 65.8 Å². The van der Waals surface area contributed by atoms with Crippen LogP contribution in [0.5, 0.6) is 0 Å². The highest BCUT2D eigenvalue weighted by molar-refractivity contribution is 7.89. The molecular weight excluding hydrogens is 374 g/mol. The normalized spacial score (nSPS) is 11.4. The molecule has 0 aliphatic carbocycles. The molecule has 0 bridgehead atoms. The lowest BCUT2D eigenvalue weighted by Crippen LogP contribution is -2.28. The number of benzene rings is 2. The number of amides is 1. The number of hydrogen-bond acceptors (Lipinski definition) is 4. The van der Waals surface area contributed by atoms with Gasteiger partial charge in [0.25, 0.3) is 0 Å². The number of aromatic nitrogens is 1. The number of sulfonamides is 1. The van der Waals surface area contributed by atoms with Gasteiger partial charge in [-0.15, -0.1) is 0 Å². The third-order valence-electron chi connectivity index (χ3n) is 3.64. The van der Waals surface area contributed by atoms with Gasteiger partial charge in [-0.2, -0.15) is 0 Å². The molecule has 3 rings (SSSR count). The van der Waals surface area contributed by atoms with Gasteiger partial charge in [0.1, 0.15) is 4.90 Å². The molecule has 2 aromatic carbocycles. The van der Waals surface area contributed by atoms with Crippen LogP contribution in [0.15, 0.2) is 65.7 Å². The van der Waals surface area contributed by atoms with Gasteiger partial charge in [0.15, 0.2) is 0 Å². The van der Waals surface area contributed by atoms with Crippen LogP contribution in [0.1, 0.15) is 6.42 Å². The minimum atomic E-state index is -3.76. The van der Waals surface area contributed by atoms with E-state index in [0.29, 0.717) is 5.69 Å². The first-order valence-corrected chi connectivity index (χ1v) is 9.71. The van der Waals surface area contributed by atoms with E-state index in [2.05, 4.69) is 15.0 Å². The molecule has 26 heavy (non-hydrogen) atoms. The molecule has 0 fully saturated rings. The van der Waals surface area contributed by atoms with Crippen LogP contribution in [0.3, 0.4) is 0 Å². The number of anilines is 1. The fraction of sp³-hybridized carbons (Fsp3) is 0.111. The van der Waals surface area contributed by atoms with Gasteiger partial charge in [-0.05, 0) is 24.3 Å². The van der Waals surface area contributed by atoms with E-state index in [1.807, 2.05) is 30.3 Å². The van der Waals surface area contributed by atoms with Crippen molar-refractivity contribution in [1.82, 2.24) is 9.71 Å². The second-order valence-electron chi connectivity index (χ2n) is 5.54. The molecule has 2 N–H and O–H groups in total. The van der Waals surface area contributed by atoms with E-state index >= 15 is 0 Å². The summed E-state index contributed by atoms with van der Waals surface area (Å²) < 4.78 is 26.8. The van der Waals surface area contributed by atoms with Gasteiger partial charge in [-0.25, -0.2) is 13.1 Å². The first-order valence-electron chi connectivity index (χ1n) is 7.84. The van der Waals surface area contributed by atoms with Crippen LogP contribution in [0.25, 0.3) is 10.9 Å². The van der Waals surface area contributed by atoms with Crippen molar-refractivity contribution < 1.29 is 13.2 Å². The highest BCUT2D eigenvalue weighted by atomic mass is 35.5. The Balaban J connectivity index is 1.57.